The lowest BCUT2D eigenvalue weighted by Gasteiger charge is -2.04. The van der Waals surface area contributed by atoms with E-state index in [0.29, 0.717) is 26.9 Å². The fraction of sp³-hybridized carbons (Fsp3) is 0.190. The predicted octanol–water partition coefficient (Wildman–Crippen LogP) is 1.70. The summed E-state index contributed by atoms with van der Waals surface area (Å²) in [5.74, 6) is -2.33. The molecule has 0 fully saturated rings. The van der Waals surface area contributed by atoms with Crippen molar-refractivity contribution < 1.29 is 28.3 Å². The molecule has 2 heterocycles. The molecule has 2 aromatic heterocycles. The first-order valence-corrected chi connectivity index (χ1v) is 10.2. The number of oxazole rings is 1. The van der Waals surface area contributed by atoms with Crippen LogP contribution < -0.4 is 10.6 Å². The Bertz CT molecular complexity index is 1490. The number of ether oxygens (including phenoxy) is 2. The molecule has 164 valence electrons. The smallest absolute Gasteiger partial charge is 0.420 e. The van der Waals surface area contributed by atoms with Gasteiger partial charge >= 0.3 is 17.7 Å². The molecule has 4 aromatic rings. The molecule has 0 saturated heterocycles. The number of aromatic nitrogens is 2. The molecule has 0 N–H and O–H groups in total. The third kappa shape index (κ3) is 3.97. The molecule has 0 aliphatic rings. The van der Waals surface area contributed by atoms with Crippen LogP contribution in [0.1, 0.15) is 10.4 Å². The Kier molecular flexibility index (Phi) is 5.73. The standard InChI is InChI=1S/C21H17N3O7S/c1-29-18(26)11-23-14-8-7-12(19(27)30-2)9-16(14)32-20(23)22-17(25)10-24-13-5-3-4-6-15(13)31-21(24)28/h3-9H,10-11H2,1-2H3. The lowest BCUT2D eigenvalue weighted by atomic mass is 10.2. The first kappa shape index (κ1) is 21.2. The lowest BCUT2D eigenvalue weighted by molar-refractivity contribution is -0.141. The van der Waals surface area contributed by atoms with Gasteiger partial charge in [0, 0.05) is 0 Å². The number of rotatable bonds is 5. The molecule has 0 spiro atoms. The summed E-state index contributed by atoms with van der Waals surface area (Å²) in [6.07, 6.45) is 0. The average molecular weight is 455 g/mol. The van der Waals surface area contributed by atoms with E-state index in [1.807, 2.05) is 0 Å². The Hall–Kier alpha value is -3.99. The summed E-state index contributed by atoms with van der Waals surface area (Å²) in [6.45, 7) is -0.523. The van der Waals surface area contributed by atoms with Crippen LogP contribution >= 0.6 is 11.3 Å². The monoisotopic (exact) mass is 455 g/mol. The number of para-hydroxylation sites is 2. The number of nitrogens with zero attached hydrogens (tertiary/aromatic N) is 3. The van der Waals surface area contributed by atoms with E-state index in [9.17, 15) is 19.2 Å². The van der Waals surface area contributed by atoms with Crippen LogP contribution in [0.2, 0.25) is 0 Å². The first-order valence-electron chi connectivity index (χ1n) is 9.35. The Labute approximate surface area is 183 Å². The number of carbonyl (C=O) groups is 3. The second-order valence-corrected chi connectivity index (χ2v) is 7.66. The number of carbonyl (C=O) groups excluding carboxylic acids is 3. The number of methoxy groups -OCH3 is 2. The summed E-state index contributed by atoms with van der Waals surface area (Å²) in [4.78, 5) is 53.0. The molecule has 0 unspecified atom stereocenters. The summed E-state index contributed by atoms with van der Waals surface area (Å²) in [6, 6.07) is 11.5. The van der Waals surface area contributed by atoms with Gasteiger partial charge in [0.2, 0.25) is 0 Å². The van der Waals surface area contributed by atoms with Crippen LogP contribution in [-0.4, -0.2) is 41.2 Å². The van der Waals surface area contributed by atoms with Crippen molar-refractivity contribution in [2.24, 2.45) is 4.99 Å². The number of hydrogen-bond acceptors (Lipinski definition) is 8. The van der Waals surface area contributed by atoms with Crippen molar-refractivity contribution in [2.45, 2.75) is 13.1 Å². The molecule has 1 amide bonds. The summed E-state index contributed by atoms with van der Waals surface area (Å²) >= 11 is 1.12. The van der Waals surface area contributed by atoms with Crippen molar-refractivity contribution in [2.75, 3.05) is 14.2 Å². The Morgan fingerprint density at radius 3 is 2.53 bits per heavy atom. The van der Waals surface area contributed by atoms with E-state index in [1.54, 1.807) is 42.5 Å². The molecule has 0 radical (unpaired) electrons. The van der Waals surface area contributed by atoms with Gasteiger partial charge in [-0.2, -0.15) is 4.99 Å². The molecule has 0 bridgehead atoms. The zero-order chi connectivity index (χ0) is 22.8. The molecule has 0 atom stereocenters. The summed E-state index contributed by atoms with van der Waals surface area (Å²) in [7, 11) is 2.53. The Morgan fingerprint density at radius 2 is 1.78 bits per heavy atom. The first-order chi connectivity index (χ1) is 15.4. The van der Waals surface area contributed by atoms with Crippen LogP contribution in [0.25, 0.3) is 21.3 Å². The molecular formula is C21H17N3O7S. The van der Waals surface area contributed by atoms with Gasteiger partial charge in [0.25, 0.3) is 5.91 Å². The van der Waals surface area contributed by atoms with Crippen molar-refractivity contribution in [1.29, 1.82) is 0 Å². The molecule has 11 heteroatoms. The molecular weight excluding hydrogens is 438 g/mol. The molecule has 2 aromatic carbocycles. The van der Waals surface area contributed by atoms with E-state index < -0.39 is 23.6 Å². The number of thiazole rings is 1. The van der Waals surface area contributed by atoms with Gasteiger partial charge in [-0.05, 0) is 30.3 Å². The predicted molar refractivity (Wildman–Crippen MR) is 114 cm³/mol. The van der Waals surface area contributed by atoms with Crippen molar-refractivity contribution in [3.63, 3.8) is 0 Å². The minimum Gasteiger partial charge on any atom is -0.468 e. The van der Waals surface area contributed by atoms with Gasteiger partial charge in [-0.1, -0.05) is 23.5 Å². The largest absolute Gasteiger partial charge is 0.468 e. The number of benzene rings is 2. The molecule has 4 rings (SSSR count). The zero-order valence-electron chi connectivity index (χ0n) is 17.1. The maximum Gasteiger partial charge on any atom is 0.420 e. The molecule has 0 saturated carbocycles. The summed E-state index contributed by atoms with van der Waals surface area (Å²) in [5.41, 5.74) is 1.75. The highest BCUT2D eigenvalue weighted by Crippen LogP contribution is 2.20. The minimum atomic E-state index is -0.670. The van der Waals surface area contributed by atoms with Crippen molar-refractivity contribution in [3.05, 3.63) is 63.4 Å². The average Bonchev–Trinajstić information content (AvgIpc) is 3.29. The lowest BCUT2D eigenvalue weighted by Crippen LogP contribution is -2.24. The molecule has 0 aliphatic carbocycles. The minimum absolute atomic E-state index is 0.186. The topological polar surface area (TPSA) is 122 Å². The number of esters is 2. The van der Waals surface area contributed by atoms with Crippen molar-refractivity contribution >= 4 is 50.5 Å². The van der Waals surface area contributed by atoms with Gasteiger partial charge < -0.3 is 18.5 Å². The van der Waals surface area contributed by atoms with Crippen molar-refractivity contribution in [1.82, 2.24) is 9.13 Å². The fourth-order valence-electron chi connectivity index (χ4n) is 3.19. The van der Waals surface area contributed by atoms with Crippen molar-refractivity contribution in [3.8, 4) is 0 Å². The third-order valence-corrected chi connectivity index (χ3v) is 5.75. The molecule has 0 aliphatic heterocycles. The summed E-state index contributed by atoms with van der Waals surface area (Å²) < 4.78 is 18.0. The van der Waals surface area contributed by atoms with Crippen LogP contribution in [-0.2, 0) is 32.2 Å². The van der Waals surface area contributed by atoms with Gasteiger partial charge in [0.15, 0.2) is 10.4 Å². The van der Waals surface area contributed by atoms with Gasteiger partial charge in [0.1, 0.15) is 13.1 Å². The number of fused-ring (bicyclic) bond motifs is 2. The Balaban J connectivity index is 1.78. The highest BCUT2D eigenvalue weighted by molar-refractivity contribution is 7.16. The maximum atomic E-state index is 12.7. The molecule has 32 heavy (non-hydrogen) atoms. The maximum absolute atomic E-state index is 12.7. The number of hydrogen-bond donors (Lipinski definition) is 0. The second-order valence-electron chi connectivity index (χ2n) is 6.65. The zero-order valence-corrected chi connectivity index (χ0v) is 17.9. The van der Waals surface area contributed by atoms with Gasteiger partial charge in [-0.3, -0.25) is 14.2 Å². The SMILES string of the molecule is COC(=O)Cn1c(=NC(=O)Cn2c(=O)oc3ccccc32)sc2cc(C(=O)OC)ccc21. The number of amides is 1. The van der Waals surface area contributed by atoms with Crippen LogP contribution in [0.15, 0.2) is 56.7 Å². The Morgan fingerprint density at radius 1 is 1.00 bits per heavy atom. The third-order valence-electron chi connectivity index (χ3n) is 4.71. The highest BCUT2D eigenvalue weighted by Gasteiger charge is 2.16. The summed E-state index contributed by atoms with van der Waals surface area (Å²) in [5, 5.41) is 0. The highest BCUT2D eigenvalue weighted by atomic mass is 32.1. The van der Waals surface area contributed by atoms with E-state index in [4.69, 9.17) is 13.9 Å². The van der Waals surface area contributed by atoms with Crippen LogP contribution in [0.3, 0.4) is 0 Å². The van der Waals surface area contributed by atoms with Gasteiger partial charge in [0.05, 0.1) is 35.5 Å². The fourth-order valence-corrected chi connectivity index (χ4v) is 4.28. The quantitative estimate of drug-likeness (QED) is 0.420. The van der Waals surface area contributed by atoms with E-state index in [1.165, 1.54) is 23.4 Å². The van der Waals surface area contributed by atoms with E-state index in [2.05, 4.69) is 4.99 Å². The van der Waals surface area contributed by atoms with Gasteiger partial charge in [-0.15, -0.1) is 0 Å². The van der Waals surface area contributed by atoms with E-state index >= 15 is 0 Å². The van der Waals surface area contributed by atoms with Gasteiger partial charge in [-0.25, -0.2) is 9.59 Å². The van der Waals surface area contributed by atoms with Crippen LogP contribution in [0.5, 0.6) is 0 Å². The van der Waals surface area contributed by atoms with E-state index in [-0.39, 0.29) is 17.9 Å². The normalized spacial score (nSPS) is 11.8. The molecule has 10 nitrogen and oxygen atoms in total. The van der Waals surface area contributed by atoms with E-state index in [0.717, 1.165) is 11.3 Å². The van der Waals surface area contributed by atoms with Crippen LogP contribution in [0.4, 0.5) is 0 Å². The van der Waals surface area contributed by atoms with Crippen LogP contribution in [0, 0.1) is 0 Å². The second kappa shape index (κ2) is 8.63.